The molecule has 0 unspecified atom stereocenters. The Morgan fingerprint density at radius 3 is 2.71 bits per heavy atom. The first-order chi connectivity index (χ1) is 10.1. The van der Waals surface area contributed by atoms with E-state index in [2.05, 4.69) is 27.5 Å². The van der Waals surface area contributed by atoms with Crippen LogP contribution < -0.4 is 15.9 Å². The summed E-state index contributed by atoms with van der Waals surface area (Å²) in [5.74, 6) is 0.641. The Kier molecular flexibility index (Phi) is 5.38. The number of hydrazine groups is 1. The van der Waals surface area contributed by atoms with E-state index in [0.717, 1.165) is 31.7 Å². The van der Waals surface area contributed by atoms with Gasteiger partial charge in [-0.05, 0) is 24.7 Å². The quantitative estimate of drug-likeness (QED) is 0.308. The summed E-state index contributed by atoms with van der Waals surface area (Å²) in [5.41, 5.74) is 10.7. The normalized spacial score (nSPS) is 17.9. The molecule has 1 aromatic rings. The van der Waals surface area contributed by atoms with Gasteiger partial charge in [-0.25, -0.2) is 5.01 Å². The molecule has 7 nitrogen and oxygen atoms in total. The highest BCUT2D eigenvalue weighted by atomic mass is 16.5. The average Bonchev–Trinajstić information content (AvgIpc) is 2.53. The molecule has 116 valence electrons. The highest BCUT2D eigenvalue weighted by molar-refractivity contribution is 5.99. The van der Waals surface area contributed by atoms with Gasteiger partial charge in [0.05, 0.1) is 12.7 Å². The highest BCUT2D eigenvalue weighted by Crippen LogP contribution is 2.19. The molecule has 1 fully saturated rings. The van der Waals surface area contributed by atoms with Gasteiger partial charge in [0.1, 0.15) is 5.75 Å². The van der Waals surface area contributed by atoms with Crippen molar-refractivity contribution in [2.24, 2.45) is 10.9 Å². The smallest absolute Gasteiger partial charge is 0.173 e. The summed E-state index contributed by atoms with van der Waals surface area (Å²) in [4.78, 5) is 2.31. The molecule has 1 saturated heterocycles. The van der Waals surface area contributed by atoms with Crippen LogP contribution in [-0.4, -0.2) is 61.3 Å². The zero-order chi connectivity index (χ0) is 15.2. The molecule has 0 radical (unpaired) electrons. The maximum absolute atomic E-state index is 8.84. The average molecular weight is 293 g/mol. The van der Waals surface area contributed by atoms with Gasteiger partial charge in [0.25, 0.3) is 0 Å². The summed E-state index contributed by atoms with van der Waals surface area (Å²) in [5, 5.41) is 14.1. The van der Waals surface area contributed by atoms with E-state index in [0.29, 0.717) is 17.9 Å². The molecular formula is C14H23N5O2. The second-order valence-electron chi connectivity index (χ2n) is 5.15. The highest BCUT2D eigenvalue weighted by Gasteiger charge is 2.14. The first kappa shape index (κ1) is 15.6. The van der Waals surface area contributed by atoms with Gasteiger partial charge in [0.2, 0.25) is 0 Å². The lowest BCUT2D eigenvalue weighted by atomic mass is 10.1. The van der Waals surface area contributed by atoms with Crippen LogP contribution in [0.1, 0.15) is 11.1 Å². The van der Waals surface area contributed by atoms with Crippen molar-refractivity contribution >= 4 is 5.84 Å². The standard InChI is InChI=1S/C14H23N5O2/c1-18-5-7-19(8-6-18)16-10-11-3-4-13(21-2)12(9-11)14(15)17-20/h3-4,9,16,20H,5-8,10H2,1-2H3,(H2,15,17). The number of piperazine rings is 1. The van der Waals surface area contributed by atoms with Crippen molar-refractivity contribution in [3.63, 3.8) is 0 Å². The number of oxime groups is 1. The van der Waals surface area contributed by atoms with Crippen molar-refractivity contribution in [3.8, 4) is 5.75 Å². The van der Waals surface area contributed by atoms with Crippen LogP contribution in [0.5, 0.6) is 5.75 Å². The van der Waals surface area contributed by atoms with Crippen LogP contribution in [0.25, 0.3) is 0 Å². The number of likely N-dealkylation sites (N-methyl/N-ethyl adjacent to an activating group) is 1. The lowest BCUT2D eigenvalue weighted by molar-refractivity contribution is 0.102. The zero-order valence-corrected chi connectivity index (χ0v) is 12.5. The molecule has 1 aliphatic rings. The van der Waals surface area contributed by atoms with E-state index in [1.165, 1.54) is 0 Å². The van der Waals surface area contributed by atoms with Crippen molar-refractivity contribution < 1.29 is 9.94 Å². The van der Waals surface area contributed by atoms with Gasteiger partial charge in [-0.1, -0.05) is 11.2 Å². The summed E-state index contributed by atoms with van der Waals surface area (Å²) in [6.07, 6.45) is 0. The number of ether oxygens (including phenoxy) is 1. The van der Waals surface area contributed by atoms with E-state index >= 15 is 0 Å². The lowest BCUT2D eigenvalue weighted by Crippen LogP contribution is -2.50. The number of nitrogens with zero attached hydrogens (tertiary/aromatic N) is 3. The number of nitrogens with two attached hydrogens (primary N) is 1. The van der Waals surface area contributed by atoms with Crippen LogP contribution in [0.2, 0.25) is 0 Å². The summed E-state index contributed by atoms with van der Waals surface area (Å²) < 4.78 is 5.22. The SMILES string of the molecule is COc1ccc(CNN2CCN(C)CC2)cc1/C(N)=N/O. The Balaban J connectivity index is 2.00. The van der Waals surface area contributed by atoms with E-state index in [9.17, 15) is 0 Å². The summed E-state index contributed by atoms with van der Waals surface area (Å²) in [6.45, 7) is 4.81. The Morgan fingerprint density at radius 2 is 2.10 bits per heavy atom. The molecule has 7 heteroatoms. The predicted molar refractivity (Wildman–Crippen MR) is 81.4 cm³/mol. The van der Waals surface area contributed by atoms with Gasteiger partial charge in [-0.2, -0.15) is 0 Å². The third kappa shape index (κ3) is 4.07. The maximum atomic E-state index is 8.84. The monoisotopic (exact) mass is 293 g/mol. The molecule has 1 aliphatic heterocycles. The number of amidine groups is 1. The molecule has 0 aliphatic carbocycles. The van der Waals surface area contributed by atoms with Gasteiger partial charge in [0, 0.05) is 32.7 Å². The minimum atomic E-state index is 0.0493. The van der Waals surface area contributed by atoms with E-state index < -0.39 is 0 Å². The minimum Gasteiger partial charge on any atom is -0.496 e. The Labute approximate surface area is 124 Å². The largest absolute Gasteiger partial charge is 0.496 e. The minimum absolute atomic E-state index is 0.0493. The van der Waals surface area contributed by atoms with Crippen LogP contribution >= 0.6 is 0 Å². The van der Waals surface area contributed by atoms with Gasteiger partial charge in [-0.15, -0.1) is 0 Å². The summed E-state index contributed by atoms with van der Waals surface area (Å²) >= 11 is 0. The lowest BCUT2D eigenvalue weighted by Gasteiger charge is -2.32. The maximum Gasteiger partial charge on any atom is 0.173 e. The van der Waals surface area contributed by atoms with Gasteiger partial charge >= 0.3 is 0 Å². The number of rotatable bonds is 5. The molecule has 0 saturated carbocycles. The molecule has 0 bridgehead atoms. The summed E-state index contributed by atoms with van der Waals surface area (Å²) in [6, 6.07) is 5.67. The second kappa shape index (κ2) is 7.26. The first-order valence-corrected chi connectivity index (χ1v) is 6.96. The fraction of sp³-hybridized carbons (Fsp3) is 0.500. The zero-order valence-electron chi connectivity index (χ0n) is 12.5. The third-order valence-corrected chi connectivity index (χ3v) is 3.66. The second-order valence-corrected chi connectivity index (χ2v) is 5.15. The van der Waals surface area contributed by atoms with Crippen LogP contribution in [0, 0.1) is 0 Å². The van der Waals surface area contributed by atoms with Crippen LogP contribution in [0.15, 0.2) is 23.4 Å². The van der Waals surface area contributed by atoms with Crippen LogP contribution in [0.4, 0.5) is 0 Å². The van der Waals surface area contributed by atoms with Crippen molar-refractivity contribution in [2.45, 2.75) is 6.54 Å². The number of methoxy groups -OCH3 is 1. The van der Waals surface area contributed by atoms with E-state index in [4.69, 9.17) is 15.7 Å². The fourth-order valence-electron chi connectivity index (χ4n) is 2.29. The molecular weight excluding hydrogens is 270 g/mol. The molecule has 1 heterocycles. The van der Waals surface area contributed by atoms with Crippen molar-refractivity contribution in [1.82, 2.24) is 15.3 Å². The number of hydrogen-bond acceptors (Lipinski definition) is 6. The first-order valence-electron chi connectivity index (χ1n) is 6.96. The van der Waals surface area contributed by atoms with E-state index in [1.807, 2.05) is 18.2 Å². The Hall–Kier alpha value is -1.83. The third-order valence-electron chi connectivity index (χ3n) is 3.66. The van der Waals surface area contributed by atoms with Gasteiger partial charge in [-0.3, -0.25) is 5.43 Å². The molecule has 0 aromatic heterocycles. The van der Waals surface area contributed by atoms with Crippen molar-refractivity contribution in [1.29, 1.82) is 0 Å². The molecule has 1 aromatic carbocycles. The molecule has 21 heavy (non-hydrogen) atoms. The number of benzene rings is 1. The van der Waals surface area contributed by atoms with Gasteiger partial charge < -0.3 is 20.6 Å². The fourth-order valence-corrected chi connectivity index (χ4v) is 2.29. The topological polar surface area (TPSA) is 86.4 Å². The van der Waals surface area contributed by atoms with Crippen LogP contribution in [0.3, 0.4) is 0 Å². The molecule has 0 amide bonds. The predicted octanol–water partition coefficient (Wildman–Crippen LogP) is 0.0417. The van der Waals surface area contributed by atoms with E-state index in [1.54, 1.807) is 7.11 Å². The van der Waals surface area contributed by atoms with Crippen molar-refractivity contribution in [3.05, 3.63) is 29.3 Å². The molecule has 0 spiro atoms. The van der Waals surface area contributed by atoms with Crippen LogP contribution in [-0.2, 0) is 6.54 Å². The number of hydrogen-bond donors (Lipinski definition) is 3. The van der Waals surface area contributed by atoms with Gasteiger partial charge in [0.15, 0.2) is 5.84 Å². The Bertz CT molecular complexity index is 498. The van der Waals surface area contributed by atoms with E-state index in [-0.39, 0.29) is 5.84 Å². The molecule has 0 atom stereocenters. The summed E-state index contributed by atoms with van der Waals surface area (Å²) in [7, 11) is 3.69. The molecule has 2 rings (SSSR count). The van der Waals surface area contributed by atoms with Crippen molar-refractivity contribution in [2.75, 3.05) is 40.3 Å². The number of nitrogens with one attached hydrogen (secondary N) is 1. The Morgan fingerprint density at radius 1 is 1.38 bits per heavy atom. The molecule has 4 N–H and O–H groups in total.